The first kappa shape index (κ1) is 40.8. The van der Waals surface area contributed by atoms with Gasteiger partial charge in [0.1, 0.15) is 6.04 Å². The summed E-state index contributed by atoms with van der Waals surface area (Å²) in [5.41, 5.74) is 6.49. The van der Waals surface area contributed by atoms with Crippen molar-refractivity contribution in [3.63, 3.8) is 0 Å². The summed E-state index contributed by atoms with van der Waals surface area (Å²) >= 11 is 6.56. The number of carbonyl (C=O) groups excluding carboxylic acids is 3. The quantitative estimate of drug-likeness (QED) is 0.0530. The molecule has 0 bridgehead atoms. The molecule has 57 heavy (non-hydrogen) atoms. The Morgan fingerprint density at radius 1 is 1.00 bits per heavy atom. The first-order valence-corrected chi connectivity index (χ1v) is 19.8. The lowest BCUT2D eigenvalue weighted by atomic mass is 9.87. The highest BCUT2D eigenvalue weighted by Gasteiger charge is 2.27. The van der Waals surface area contributed by atoms with Gasteiger partial charge < -0.3 is 26.2 Å². The summed E-state index contributed by atoms with van der Waals surface area (Å²) in [5.74, 6) is 0.197. The maximum Gasteiger partial charge on any atom is 0.249 e. The number of halogens is 1. The van der Waals surface area contributed by atoms with Crippen LogP contribution in [-0.2, 0) is 14.4 Å². The molecule has 12 nitrogen and oxygen atoms in total. The van der Waals surface area contributed by atoms with Crippen LogP contribution >= 0.6 is 11.6 Å². The van der Waals surface area contributed by atoms with Crippen molar-refractivity contribution in [3.8, 4) is 11.3 Å². The largest absolute Gasteiger partial charge is 0.374 e. The number of allylic oxidation sites excluding steroid dienone is 4. The lowest BCUT2D eigenvalue weighted by Gasteiger charge is -2.34. The van der Waals surface area contributed by atoms with Crippen LogP contribution in [0.4, 0.5) is 28.7 Å². The Morgan fingerprint density at radius 2 is 1.79 bits per heavy atom. The van der Waals surface area contributed by atoms with Gasteiger partial charge in [0, 0.05) is 42.4 Å². The summed E-state index contributed by atoms with van der Waals surface area (Å²) in [4.78, 5) is 53.1. The molecular weight excluding hydrogens is 738 g/mol. The highest BCUT2D eigenvalue weighted by atomic mass is 35.5. The second-order valence-electron chi connectivity index (χ2n) is 14.4. The van der Waals surface area contributed by atoms with Gasteiger partial charge >= 0.3 is 0 Å². The Bertz CT molecular complexity index is 2100. The van der Waals surface area contributed by atoms with E-state index in [1.165, 1.54) is 0 Å². The monoisotopic (exact) mass is 787 g/mol. The zero-order valence-electron chi connectivity index (χ0n) is 32.3. The van der Waals surface area contributed by atoms with Crippen LogP contribution in [-0.4, -0.2) is 65.4 Å². The van der Waals surface area contributed by atoms with Gasteiger partial charge in [0.05, 0.1) is 40.7 Å². The molecule has 0 spiro atoms. The maximum absolute atomic E-state index is 13.7. The summed E-state index contributed by atoms with van der Waals surface area (Å²) in [7, 11) is 1.90. The van der Waals surface area contributed by atoms with Gasteiger partial charge in [-0.2, -0.15) is 0 Å². The van der Waals surface area contributed by atoms with Crippen molar-refractivity contribution in [2.24, 2.45) is 11.8 Å². The second kappa shape index (κ2) is 19.8. The topological polar surface area (TPSA) is 153 Å². The molecule has 5 N–H and O–H groups in total. The highest BCUT2D eigenvalue weighted by molar-refractivity contribution is 6.33. The minimum atomic E-state index is -0.403. The molecule has 6 rings (SSSR count). The number of amides is 3. The van der Waals surface area contributed by atoms with Crippen LogP contribution < -0.4 is 31.5 Å². The minimum Gasteiger partial charge on any atom is -0.374 e. The lowest BCUT2D eigenvalue weighted by molar-refractivity contribution is -0.133. The molecule has 2 atom stereocenters. The minimum absolute atomic E-state index is 0.0260. The number of hydrogen-bond acceptors (Lipinski definition) is 10. The van der Waals surface area contributed by atoms with E-state index in [-0.39, 0.29) is 23.6 Å². The third-order valence-corrected chi connectivity index (χ3v) is 10.7. The molecule has 2 aliphatic heterocycles. The van der Waals surface area contributed by atoms with Crippen molar-refractivity contribution < 1.29 is 14.4 Å². The fraction of sp³-hybridized carbons (Fsp3) is 0.318. The van der Waals surface area contributed by atoms with Gasteiger partial charge in [-0.15, -0.1) is 0 Å². The van der Waals surface area contributed by atoms with Gasteiger partial charge in [-0.3, -0.25) is 24.7 Å². The van der Waals surface area contributed by atoms with Crippen LogP contribution in [0.2, 0.25) is 5.02 Å². The normalized spacial score (nSPS) is 16.7. The molecule has 4 heterocycles. The molecule has 4 aromatic rings. The van der Waals surface area contributed by atoms with Gasteiger partial charge in [0.2, 0.25) is 23.7 Å². The molecule has 13 heteroatoms. The molecule has 2 aromatic heterocycles. The molecule has 2 aromatic carbocycles. The van der Waals surface area contributed by atoms with Gasteiger partial charge in [0.15, 0.2) is 0 Å². The molecular formula is C44H50ClN9O3. The maximum atomic E-state index is 13.7. The van der Waals surface area contributed by atoms with E-state index < -0.39 is 6.04 Å². The Labute approximate surface area is 339 Å². The second-order valence-corrected chi connectivity index (χ2v) is 14.8. The fourth-order valence-electron chi connectivity index (χ4n) is 7.28. The van der Waals surface area contributed by atoms with Crippen LogP contribution in [0, 0.1) is 11.8 Å². The summed E-state index contributed by atoms with van der Waals surface area (Å²) < 4.78 is 0. The van der Waals surface area contributed by atoms with Crippen molar-refractivity contribution in [2.45, 2.75) is 51.0 Å². The van der Waals surface area contributed by atoms with Crippen molar-refractivity contribution in [1.29, 1.82) is 0 Å². The van der Waals surface area contributed by atoms with Gasteiger partial charge in [0.25, 0.3) is 0 Å². The van der Waals surface area contributed by atoms with E-state index in [0.29, 0.717) is 46.8 Å². The van der Waals surface area contributed by atoms with Crippen LogP contribution in [0.25, 0.3) is 16.8 Å². The molecule has 2 aliphatic rings. The average molecular weight is 788 g/mol. The zero-order chi connectivity index (χ0) is 40.1. The van der Waals surface area contributed by atoms with E-state index in [2.05, 4.69) is 66.7 Å². The number of imide groups is 1. The number of nitrogens with one attached hydrogen (secondary N) is 5. The number of piperidine rings is 2. The van der Waals surface area contributed by atoms with Gasteiger partial charge in [-0.05, 0) is 106 Å². The Balaban J connectivity index is 1.02. The first-order valence-electron chi connectivity index (χ1n) is 19.4. The predicted octanol–water partition coefficient (Wildman–Crippen LogP) is 7.77. The average Bonchev–Trinajstić information content (AvgIpc) is 3.22. The lowest BCUT2D eigenvalue weighted by Crippen LogP contribution is -2.47. The van der Waals surface area contributed by atoms with E-state index in [1.54, 1.807) is 30.7 Å². The highest BCUT2D eigenvalue weighted by Crippen LogP contribution is 2.31. The number of nitrogens with zero attached hydrogens (tertiary/aromatic N) is 4. The van der Waals surface area contributed by atoms with Crippen LogP contribution in [0.3, 0.4) is 0 Å². The van der Waals surface area contributed by atoms with Gasteiger partial charge in [-0.1, -0.05) is 61.2 Å². The van der Waals surface area contributed by atoms with Gasteiger partial charge in [-0.25, -0.2) is 9.97 Å². The first-order chi connectivity index (χ1) is 27.7. The number of hydrogen-bond donors (Lipinski definition) is 5. The predicted molar refractivity (Wildman–Crippen MR) is 229 cm³/mol. The summed E-state index contributed by atoms with van der Waals surface area (Å²) in [5, 5.41) is 15.6. The number of aromatic nitrogens is 3. The molecule has 2 fully saturated rings. The number of benzene rings is 2. The van der Waals surface area contributed by atoms with E-state index in [1.807, 2.05) is 55.6 Å². The summed E-state index contributed by atoms with van der Waals surface area (Å²) in [6.45, 7) is 10.3. The molecule has 0 saturated carbocycles. The van der Waals surface area contributed by atoms with Crippen molar-refractivity contribution in [3.05, 3.63) is 115 Å². The summed E-state index contributed by atoms with van der Waals surface area (Å²) in [6.07, 6.45) is 15.7. The van der Waals surface area contributed by atoms with E-state index >= 15 is 0 Å². The standard InChI is InChI=1S/C44H50ClN9O3/c1-4-7-30(5-2)32-8-6-9-33(24-32)41-38(45)28-48-44(53-41)51-36-25-35(26-47-27-36)50-42(56)31(18-21-46-3)11-10-29-19-22-54(23-20-29)37-14-12-34(13-15-37)49-39-16-17-40(55)52-43(39)57/h4-9,12-15,24-29,31,39,46,49H,1-2,10-11,16-23H2,3H3,(H,50,56)(H,48,51,53)(H,52,55,57)/b30-7+. The Morgan fingerprint density at radius 3 is 2.53 bits per heavy atom. The summed E-state index contributed by atoms with van der Waals surface area (Å²) in [6, 6.07) is 17.4. The number of anilines is 5. The van der Waals surface area contributed by atoms with Crippen LogP contribution in [0.5, 0.6) is 0 Å². The fourth-order valence-corrected chi connectivity index (χ4v) is 7.48. The molecule has 3 amide bonds. The Kier molecular flexibility index (Phi) is 14.2. The third-order valence-electron chi connectivity index (χ3n) is 10.5. The smallest absolute Gasteiger partial charge is 0.249 e. The van der Waals surface area contributed by atoms with Crippen molar-refractivity contribution in [2.75, 3.05) is 47.5 Å². The van der Waals surface area contributed by atoms with Crippen LogP contribution in [0.15, 0.2) is 105 Å². The molecule has 2 unspecified atom stereocenters. The van der Waals surface area contributed by atoms with E-state index in [9.17, 15) is 14.4 Å². The zero-order valence-corrected chi connectivity index (χ0v) is 33.0. The van der Waals surface area contributed by atoms with E-state index in [0.717, 1.165) is 79.8 Å². The van der Waals surface area contributed by atoms with E-state index in [4.69, 9.17) is 16.6 Å². The molecule has 0 aliphatic carbocycles. The molecule has 0 radical (unpaired) electrons. The molecule has 2 saturated heterocycles. The Hall–Kier alpha value is -5.85. The number of rotatable bonds is 17. The van der Waals surface area contributed by atoms with Crippen LogP contribution in [0.1, 0.15) is 50.5 Å². The molecule has 296 valence electrons. The number of pyridine rings is 1. The SMILES string of the molecule is C=C/C=C(\C=C)c1cccc(-c2nc(Nc3cncc(NC(=O)C(CCNC)CCC4CCN(c5ccc(NC6CCC(=O)NC6=O)cc5)CC4)c3)ncc2Cl)c1. The number of carbonyl (C=O) groups is 3. The third kappa shape index (κ3) is 11.1. The van der Waals surface area contributed by atoms with Crippen molar-refractivity contribution >= 4 is 63.6 Å². The van der Waals surface area contributed by atoms with Crippen molar-refractivity contribution in [1.82, 2.24) is 25.6 Å².